The van der Waals surface area contributed by atoms with Crippen molar-refractivity contribution in [2.24, 2.45) is 0 Å². The largest absolute Gasteiger partial charge is 0.332 e. The van der Waals surface area contributed by atoms with Gasteiger partial charge in [-0.3, -0.25) is 14.9 Å². The number of hydrogen-bond donors (Lipinski definition) is 0. The molecule has 0 spiro atoms. The van der Waals surface area contributed by atoms with Crippen LogP contribution in [0.15, 0.2) is 48.5 Å². The molecule has 5 heteroatoms. The first kappa shape index (κ1) is 15.2. The average molecular weight is 310 g/mol. The van der Waals surface area contributed by atoms with Gasteiger partial charge in [0, 0.05) is 24.2 Å². The third-order valence-electron chi connectivity index (χ3n) is 4.30. The lowest BCUT2D eigenvalue weighted by molar-refractivity contribution is -0.384. The number of aryl methyl sites for hydroxylation is 1. The van der Waals surface area contributed by atoms with Crippen LogP contribution >= 0.6 is 0 Å². The van der Waals surface area contributed by atoms with Crippen molar-refractivity contribution in [3.63, 3.8) is 0 Å². The van der Waals surface area contributed by atoms with Gasteiger partial charge in [0.15, 0.2) is 0 Å². The number of carbonyl (C=O) groups is 1. The Morgan fingerprint density at radius 2 is 1.78 bits per heavy atom. The third-order valence-corrected chi connectivity index (χ3v) is 4.30. The van der Waals surface area contributed by atoms with E-state index in [1.165, 1.54) is 29.8 Å². The maximum absolute atomic E-state index is 12.7. The predicted molar refractivity (Wildman–Crippen MR) is 87.3 cm³/mol. The van der Waals surface area contributed by atoms with E-state index in [2.05, 4.69) is 24.3 Å². The number of amides is 1. The zero-order chi connectivity index (χ0) is 16.4. The fourth-order valence-corrected chi connectivity index (χ4v) is 3.04. The number of carbonyl (C=O) groups excluding carboxylic acids is 1. The normalized spacial score (nSPS) is 17.3. The molecule has 1 heterocycles. The maximum atomic E-state index is 12.7. The number of benzene rings is 2. The summed E-state index contributed by atoms with van der Waals surface area (Å²) in [5.74, 6) is -0.0667. The molecule has 2 aromatic rings. The highest BCUT2D eigenvalue weighted by Crippen LogP contribution is 2.33. The molecule has 1 atom stereocenters. The molecule has 0 saturated carbocycles. The first-order valence-electron chi connectivity index (χ1n) is 7.68. The lowest BCUT2D eigenvalue weighted by Gasteiger charge is -2.25. The Morgan fingerprint density at radius 3 is 2.39 bits per heavy atom. The van der Waals surface area contributed by atoms with Crippen LogP contribution in [-0.4, -0.2) is 22.3 Å². The van der Waals surface area contributed by atoms with Crippen molar-refractivity contribution >= 4 is 11.6 Å². The van der Waals surface area contributed by atoms with Crippen molar-refractivity contribution in [2.75, 3.05) is 6.54 Å². The summed E-state index contributed by atoms with van der Waals surface area (Å²) < 4.78 is 0. The second-order valence-electron chi connectivity index (χ2n) is 5.87. The van der Waals surface area contributed by atoms with Crippen molar-refractivity contribution in [3.8, 4) is 0 Å². The Labute approximate surface area is 134 Å². The van der Waals surface area contributed by atoms with Gasteiger partial charge in [0.1, 0.15) is 0 Å². The van der Waals surface area contributed by atoms with Gasteiger partial charge in [0.25, 0.3) is 11.6 Å². The van der Waals surface area contributed by atoms with E-state index < -0.39 is 4.92 Å². The molecule has 1 saturated heterocycles. The standard InChI is InChI=1S/C18H18N2O3/c1-13-4-6-14(7-5-13)17-3-2-12-19(17)18(21)15-8-10-16(11-9-15)20(22)23/h4-11,17H,2-3,12H2,1H3. The van der Waals surface area contributed by atoms with Crippen molar-refractivity contribution in [1.82, 2.24) is 4.90 Å². The number of nitro benzene ring substituents is 1. The summed E-state index contributed by atoms with van der Waals surface area (Å²) in [6.07, 6.45) is 1.92. The number of likely N-dealkylation sites (tertiary alicyclic amines) is 1. The highest BCUT2D eigenvalue weighted by atomic mass is 16.6. The van der Waals surface area contributed by atoms with Crippen LogP contribution in [0.5, 0.6) is 0 Å². The van der Waals surface area contributed by atoms with E-state index >= 15 is 0 Å². The molecule has 1 amide bonds. The van der Waals surface area contributed by atoms with Crippen LogP contribution in [0.3, 0.4) is 0 Å². The maximum Gasteiger partial charge on any atom is 0.269 e. The average Bonchev–Trinajstić information content (AvgIpc) is 3.04. The highest BCUT2D eigenvalue weighted by molar-refractivity contribution is 5.94. The second kappa shape index (κ2) is 6.20. The van der Waals surface area contributed by atoms with Gasteiger partial charge in [-0.05, 0) is 37.5 Å². The third kappa shape index (κ3) is 3.08. The van der Waals surface area contributed by atoms with E-state index in [0.29, 0.717) is 12.1 Å². The number of rotatable bonds is 3. The van der Waals surface area contributed by atoms with Gasteiger partial charge in [-0.15, -0.1) is 0 Å². The van der Waals surface area contributed by atoms with E-state index in [1.54, 1.807) is 0 Å². The molecule has 5 nitrogen and oxygen atoms in total. The fraction of sp³-hybridized carbons (Fsp3) is 0.278. The van der Waals surface area contributed by atoms with Gasteiger partial charge in [0.05, 0.1) is 11.0 Å². The molecule has 23 heavy (non-hydrogen) atoms. The van der Waals surface area contributed by atoms with Crippen LogP contribution in [0.4, 0.5) is 5.69 Å². The summed E-state index contributed by atoms with van der Waals surface area (Å²) in [5, 5.41) is 10.7. The summed E-state index contributed by atoms with van der Waals surface area (Å²) in [7, 11) is 0. The van der Waals surface area contributed by atoms with Crippen LogP contribution < -0.4 is 0 Å². The zero-order valence-corrected chi connectivity index (χ0v) is 12.9. The van der Waals surface area contributed by atoms with Gasteiger partial charge >= 0.3 is 0 Å². The lowest BCUT2D eigenvalue weighted by atomic mass is 10.0. The van der Waals surface area contributed by atoms with E-state index in [9.17, 15) is 14.9 Å². The van der Waals surface area contributed by atoms with Gasteiger partial charge < -0.3 is 4.90 Å². The van der Waals surface area contributed by atoms with Crippen molar-refractivity contribution in [3.05, 3.63) is 75.3 Å². The molecular weight excluding hydrogens is 292 g/mol. The SMILES string of the molecule is Cc1ccc(C2CCCN2C(=O)c2ccc([N+](=O)[O-])cc2)cc1. The monoisotopic (exact) mass is 310 g/mol. The van der Waals surface area contributed by atoms with E-state index in [0.717, 1.165) is 18.4 Å². The fourth-order valence-electron chi connectivity index (χ4n) is 3.04. The Morgan fingerprint density at radius 1 is 1.13 bits per heavy atom. The summed E-state index contributed by atoms with van der Waals surface area (Å²) in [5.41, 5.74) is 2.83. The first-order chi connectivity index (χ1) is 11.1. The van der Waals surface area contributed by atoms with Gasteiger partial charge in [-0.25, -0.2) is 0 Å². The Hall–Kier alpha value is -2.69. The molecule has 1 aliphatic heterocycles. The minimum atomic E-state index is -0.459. The van der Waals surface area contributed by atoms with Crippen LogP contribution in [0.25, 0.3) is 0 Å². The first-order valence-corrected chi connectivity index (χ1v) is 7.68. The molecule has 0 aliphatic carbocycles. The molecule has 1 fully saturated rings. The van der Waals surface area contributed by atoms with Crippen LogP contribution in [-0.2, 0) is 0 Å². The van der Waals surface area contributed by atoms with Crippen molar-refractivity contribution in [2.45, 2.75) is 25.8 Å². The predicted octanol–water partition coefficient (Wildman–Crippen LogP) is 3.88. The number of non-ortho nitro benzene ring substituents is 1. The molecule has 118 valence electrons. The highest BCUT2D eigenvalue weighted by Gasteiger charge is 2.30. The summed E-state index contributed by atoms with van der Waals surface area (Å²) in [4.78, 5) is 24.9. The molecule has 0 bridgehead atoms. The smallest absolute Gasteiger partial charge is 0.269 e. The van der Waals surface area contributed by atoms with E-state index in [4.69, 9.17) is 0 Å². The molecular formula is C18H18N2O3. The Balaban J connectivity index is 1.82. The van der Waals surface area contributed by atoms with Crippen molar-refractivity contribution < 1.29 is 9.72 Å². The van der Waals surface area contributed by atoms with E-state index in [1.807, 2.05) is 11.8 Å². The molecule has 0 radical (unpaired) electrons. The Bertz CT molecular complexity index is 723. The van der Waals surface area contributed by atoms with Gasteiger partial charge in [0.2, 0.25) is 0 Å². The summed E-state index contributed by atoms with van der Waals surface area (Å²) in [6.45, 7) is 2.76. The van der Waals surface area contributed by atoms with Crippen LogP contribution in [0, 0.1) is 17.0 Å². The molecule has 3 rings (SSSR count). The number of nitrogens with zero attached hydrogens (tertiary/aromatic N) is 2. The summed E-state index contributed by atoms with van der Waals surface area (Å²) in [6, 6.07) is 14.2. The lowest BCUT2D eigenvalue weighted by Crippen LogP contribution is -2.30. The molecule has 1 unspecified atom stereocenters. The van der Waals surface area contributed by atoms with Crippen molar-refractivity contribution in [1.29, 1.82) is 0 Å². The molecule has 0 N–H and O–H groups in total. The molecule has 2 aromatic carbocycles. The van der Waals surface area contributed by atoms with Gasteiger partial charge in [-0.1, -0.05) is 29.8 Å². The topological polar surface area (TPSA) is 63.5 Å². The quantitative estimate of drug-likeness (QED) is 0.638. The zero-order valence-electron chi connectivity index (χ0n) is 12.9. The van der Waals surface area contributed by atoms with Gasteiger partial charge in [-0.2, -0.15) is 0 Å². The second-order valence-corrected chi connectivity index (χ2v) is 5.87. The van der Waals surface area contributed by atoms with Crippen LogP contribution in [0.1, 0.15) is 40.4 Å². The number of nitro groups is 1. The minimum absolute atomic E-state index is 0.00180. The summed E-state index contributed by atoms with van der Waals surface area (Å²) >= 11 is 0. The van der Waals surface area contributed by atoms with Crippen LogP contribution in [0.2, 0.25) is 0 Å². The minimum Gasteiger partial charge on any atom is -0.332 e. The number of hydrogen-bond acceptors (Lipinski definition) is 3. The Kier molecular flexibility index (Phi) is 4.10. The molecule has 1 aliphatic rings. The molecule has 0 aromatic heterocycles. The van der Waals surface area contributed by atoms with E-state index in [-0.39, 0.29) is 17.6 Å².